The van der Waals surface area contributed by atoms with E-state index in [4.69, 9.17) is 16.3 Å². The van der Waals surface area contributed by atoms with E-state index in [0.29, 0.717) is 0 Å². The monoisotopic (exact) mass is 358 g/mol. The Kier molecular flexibility index (Phi) is 6.00. The Morgan fingerprint density at radius 1 is 1.04 bits per heavy atom. The predicted octanol–water partition coefficient (Wildman–Crippen LogP) is 4.35. The third kappa shape index (κ3) is 4.17. The molecule has 1 aliphatic rings. The lowest BCUT2D eigenvalue weighted by molar-refractivity contribution is 0.235. The minimum Gasteiger partial charge on any atom is -0.496 e. The molecule has 0 spiro atoms. The van der Waals surface area contributed by atoms with Crippen LogP contribution in [0.2, 0.25) is 5.02 Å². The quantitative estimate of drug-likeness (QED) is 0.879. The first-order valence-corrected chi connectivity index (χ1v) is 9.33. The molecule has 0 aromatic heterocycles. The number of aryl methyl sites for hydroxylation is 2. The lowest BCUT2D eigenvalue weighted by atomic mass is 9.91. The zero-order chi connectivity index (χ0) is 17.8. The highest BCUT2D eigenvalue weighted by atomic mass is 35.5. The van der Waals surface area contributed by atoms with Crippen LogP contribution >= 0.6 is 11.6 Å². The van der Waals surface area contributed by atoms with Gasteiger partial charge >= 0.3 is 0 Å². The fraction of sp³-hybridized carbons (Fsp3) is 0.429. The lowest BCUT2D eigenvalue weighted by Gasteiger charge is -2.33. The molecule has 1 aliphatic heterocycles. The van der Waals surface area contributed by atoms with E-state index in [1.165, 1.54) is 16.7 Å². The van der Waals surface area contributed by atoms with Gasteiger partial charge in [-0.2, -0.15) is 0 Å². The van der Waals surface area contributed by atoms with Crippen molar-refractivity contribution >= 4 is 11.6 Å². The van der Waals surface area contributed by atoms with Crippen molar-refractivity contribution in [2.75, 3.05) is 33.3 Å². The molecule has 3 nitrogen and oxygen atoms in total. The largest absolute Gasteiger partial charge is 0.496 e. The first kappa shape index (κ1) is 18.2. The molecule has 2 aromatic carbocycles. The molecule has 0 saturated carbocycles. The molecule has 0 aliphatic carbocycles. The fourth-order valence-corrected chi connectivity index (χ4v) is 3.84. The van der Waals surface area contributed by atoms with Gasteiger partial charge in [0.25, 0.3) is 0 Å². The average molecular weight is 359 g/mol. The van der Waals surface area contributed by atoms with E-state index in [1.54, 1.807) is 7.11 Å². The van der Waals surface area contributed by atoms with Crippen LogP contribution in [-0.4, -0.2) is 38.2 Å². The molecule has 2 aromatic rings. The Labute approximate surface area is 155 Å². The van der Waals surface area contributed by atoms with Crippen molar-refractivity contribution in [1.29, 1.82) is 0 Å². The van der Waals surface area contributed by atoms with E-state index in [1.807, 2.05) is 12.1 Å². The van der Waals surface area contributed by atoms with Crippen LogP contribution in [0, 0.1) is 13.8 Å². The number of methoxy groups -OCH3 is 1. The van der Waals surface area contributed by atoms with Crippen LogP contribution in [0.4, 0.5) is 0 Å². The zero-order valence-electron chi connectivity index (χ0n) is 15.3. The summed E-state index contributed by atoms with van der Waals surface area (Å²) in [6, 6.07) is 12.8. The molecule has 1 saturated heterocycles. The number of nitrogens with zero attached hydrogens (tertiary/aromatic N) is 1. The Hall–Kier alpha value is -1.55. The van der Waals surface area contributed by atoms with E-state index in [2.05, 4.69) is 48.3 Å². The van der Waals surface area contributed by atoms with Gasteiger partial charge in [0.05, 0.1) is 13.2 Å². The molecule has 3 rings (SSSR count). The normalized spacial score (nSPS) is 17.1. The Morgan fingerprint density at radius 2 is 1.88 bits per heavy atom. The van der Waals surface area contributed by atoms with Gasteiger partial charge in [-0.05, 0) is 56.1 Å². The third-order valence-corrected chi connectivity index (χ3v) is 5.19. The summed E-state index contributed by atoms with van der Waals surface area (Å²) in [4.78, 5) is 2.55. The first-order valence-electron chi connectivity index (χ1n) is 8.95. The Balaban J connectivity index is 2.15. The summed E-state index contributed by atoms with van der Waals surface area (Å²) in [6.07, 6.45) is 1.14. The number of rotatable bonds is 4. The molecule has 1 atom stereocenters. The van der Waals surface area contributed by atoms with Crippen LogP contribution in [0.3, 0.4) is 0 Å². The summed E-state index contributed by atoms with van der Waals surface area (Å²) in [7, 11) is 1.73. The summed E-state index contributed by atoms with van der Waals surface area (Å²) in [5.74, 6) is 0.896. The molecular formula is C21H27ClN2O. The van der Waals surface area contributed by atoms with Crippen molar-refractivity contribution in [3.05, 3.63) is 63.7 Å². The van der Waals surface area contributed by atoms with Gasteiger partial charge in [0.15, 0.2) is 0 Å². The zero-order valence-corrected chi connectivity index (χ0v) is 16.1. The van der Waals surface area contributed by atoms with Gasteiger partial charge in [0, 0.05) is 30.2 Å². The van der Waals surface area contributed by atoms with Crippen LogP contribution in [-0.2, 0) is 0 Å². The van der Waals surface area contributed by atoms with Gasteiger partial charge in [-0.1, -0.05) is 35.4 Å². The Morgan fingerprint density at radius 3 is 2.68 bits per heavy atom. The van der Waals surface area contributed by atoms with E-state index in [0.717, 1.165) is 48.9 Å². The maximum Gasteiger partial charge on any atom is 0.124 e. The molecule has 0 radical (unpaired) electrons. The maximum atomic E-state index is 6.36. The fourth-order valence-electron chi connectivity index (χ4n) is 3.66. The second-order valence-electron chi connectivity index (χ2n) is 6.79. The highest BCUT2D eigenvalue weighted by Gasteiger charge is 2.27. The summed E-state index contributed by atoms with van der Waals surface area (Å²) in [5, 5.41) is 4.25. The minimum atomic E-state index is 0.147. The van der Waals surface area contributed by atoms with Crippen molar-refractivity contribution in [3.63, 3.8) is 0 Å². The summed E-state index contributed by atoms with van der Waals surface area (Å²) < 4.78 is 5.69. The van der Waals surface area contributed by atoms with E-state index in [-0.39, 0.29) is 6.04 Å². The first-order chi connectivity index (χ1) is 12.1. The predicted molar refractivity (Wildman–Crippen MR) is 105 cm³/mol. The molecule has 0 amide bonds. The van der Waals surface area contributed by atoms with E-state index in [9.17, 15) is 0 Å². The summed E-state index contributed by atoms with van der Waals surface area (Å²) >= 11 is 6.36. The lowest BCUT2D eigenvalue weighted by Crippen LogP contribution is -2.33. The number of halogens is 1. The standard InChI is InChI=1S/C21H27ClN2O/c1-15-5-6-16(2)18(13-15)21(24-11-4-9-23-10-12-24)19-14-17(22)7-8-20(19)25-3/h5-8,13-14,21,23H,4,9-12H2,1-3H3. The van der Waals surface area contributed by atoms with Crippen LogP contribution in [0.25, 0.3) is 0 Å². The molecule has 1 fully saturated rings. The number of hydrogen-bond donors (Lipinski definition) is 1. The second-order valence-corrected chi connectivity index (χ2v) is 7.22. The van der Waals surface area contributed by atoms with Crippen LogP contribution < -0.4 is 10.1 Å². The average Bonchev–Trinajstić information content (AvgIpc) is 2.88. The van der Waals surface area contributed by atoms with Gasteiger partial charge in [-0.25, -0.2) is 0 Å². The molecular weight excluding hydrogens is 332 g/mol. The van der Waals surface area contributed by atoms with Crippen molar-refractivity contribution in [2.24, 2.45) is 0 Å². The van der Waals surface area contributed by atoms with Crippen molar-refractivity contribution in [2.45, 2.75) is 26.3 Å². The van der Waals surface area contributed by atoms with Crippen molar-refractivity contribution in [1.82, 2.24) is 10.2 Å². The molecule has 0 bridgehead atoms. The van der Waals surface area contributed by atoms with Crippen molar-refractivity contribution in [3.8, 4) is 5.75 Å². The van der Waals surface area contributed by atoms with Gasteiger partial charge in [0.1, 0.15) is 5.75 Å². The maximum absolute atomic E-state index is 6.36. The minimum absolute atomic E-state index is 0.147. The SMILES string of the molecule is COc1ccc(Cl)cc1C(c1cc(C)ccc1C)N1CCCNCC1. The third-order valence-electron chi connectivity index (χ3n) is 4.96. The molecule has 4 heteroatoms. The molecule has 1 unspecified atom stereocenters. The van der Waals surface area contributed by atoms with E-state index < -0.39 is 0 Å². The summed E-state index contributed by atoms with van der Waals surface area (Å²) in [6.45, 7) is 8.48. The van der Waals surface area contributed by atoms with Crippen LogP contribution in [0.5, 0.6) is 5.75 Å². The second kappa shape index (κ2) is 8.22. The number of hydrogen-bond acceptors (Lipinski definition) is 3. The van der Waals surface area contributed by atoms with Gasteiger partial charge in [-0.3, -0.25) is 4.90 Å². The highest BCUT2D eigenvalue weighted by molar-refractivity contribution is 6.30. The molecule has 134 valence electrons. The molecule has 1 N–H and O–H groups in total. The van der Waals surface area contributed by atoms with Gasteiger partial charge < -0.3 is 10.1 Å². The topological polar surface area (TPSA) is 24.5 Å². The number of benzene rings is 2. The van der Waals surface area contributed by atoms with Crippen LogP contribution in [0.1, 0.15) is 34.7 Å². The number of nitrogens with one attached hydrogen (secondary N) is 1. The van der Waals surface area contributed by atoms with Gasteiger partial charge in [0.2, 0.25) is 0 Å². The van der Waals surface area contributed by atoms with Crippen LogP contribution in [0.15, 0.2) is 36.4 Å². The smallest absolute Gasteiger partial charge is 0.124 e. The number of ether oxygens (including phenoxy) is 1. The summed E-state index contributed by atoms with van der Waals surface area (Å²) in [5.41, 5.74) is 5.06. The van der Waals surface area contributed by atoms with E-state index >= 15 is 0 Å². The van der Waals surface area contributed by atoms with Gasteiger partial charge in [-0.15, -0.1) is 0 Å². The molecule has 1 heterocycles. The molecule has 25 heavy (non-hydrogen) atoms. The Bertz CT molecular complexity index is 724. The van der Waals surface area contributed by atoms with Crippen molar-refractivity contribution < 1.29 is 4.74 Å². The highest BCUT2D eigenvalue weighted by Crippen LogP contribution is 2.38.